The van der Waals surface area contributed by atoms with Gasteiger partial charge in [0.2, 0.25) is 5.91 Å². The molecule has 1 aliphatic heterocycles. The van der Waals surface area contributed by atoms with Crippen molar-refractivity contribution in [2.75, 3.05) is 17.7 Å². The molecule has 2 heterocycles. The number of carbonyl (C=O) groups is 2. The van der Waals surface area contributed by atoms with E-state index in [1.807, 2.05) is 19.1 Å². The van der Waals surface area contributed by atoms with E-state index in [4.69, 9.17) is 16.3 Å². The van der Waals surface area contributed by atoms with E-state index >= 15 is 0 Å². The van der Waals surface area contributed by atoms with Crippen LogP contribution in [-0.2, 0) is 16.0 Å². The van der Waals surface area contributed by atoms with Crippen LogP contribution in [0.5, 0.6) is 5.75 Å². The van der Waals surface area contributed by atoms with Gasteiger partial charge in [-0.3, -0.25) is 9.59 Å². The Balaban J connectivity index is 1.59. The maximum atomic E-state index is 12.6. The van der Waals surface area contributed by atoms with Crippen LogP contribution in [0, 0.1) is 0 Å². The van der Waals surface area contributed by atoms with Crippen LogP contribution in [0.1, 0.15) is 25.1 Å². The fraction of sp³-hybridized carbons (Fsp3) is 0.227. The van der Waals surface area contributed by atoms with Gasteiger partial charge >= 0.3 is 0 Å². The second kappa shape index (κ2) is 8.20. The van der Waals surface area contributed by atoms with Crippen molar-refractivity contribution in [1.29, 1.82) is 0 Å². The summed E-state index contributed by atoms with van der Waals surface area (Å²) in [5, 5.41) is 11.0. The number of aromatic nitrogens is 2. The Hall–Kier alpha value is -3.32. The van der Waals surface area contributed by atoms with Crippen LogP contribution in [0.2, 0.25) is 5.02 Å². The SMILES string of the molecule is CCc1nn2c(c1-c1ccc(Cl)cc1)NC(=O)C2CC(=O)Nc1cccc(OC)c1. The van der Waals surface area contributed by atoms with Gasteiger partial charge in [0.15, 0.2) is 0 Å². The van der Waals surface area contributed by atoms with Crippen LogP contribution in [0.25, 0.3) is 11.1 Å². The minimum absolute atomic E-state index is 0.0268. The Labute approximate surface area is 179 Å². The van der Waals surface area contributed by atoms with Crippen LogP contribution in [-0.4, -0.2) is 28.7 Å². The third-order valence-corrected chi connectivity index (χ3v) is 5.27. The van der Waals surface area contributed by atoms with E-state index in [1.54, 1.807) is 48.2 Å². The molecule has 1 aromatic heterocycles. The Morgan fingerprint density at radius 1 is 1.27 bits per heavy atom. The van der Waals surface area contributed by atoms with Crippen LogP contribution < -0.4 is 15.4 Å². The predicted octanol–water partition coefficient (Wildman–Crippen LogP) is 4.30. The molecular weight excluding hydrogens is 404 g/mol. The normalized spacial score (nSPS) is 14.9. The van der Waals surface area contributed by atoms with Crippen LogP contribution in [0.3, 0.4) is 0 Å². The molecule has 0 radical (unpaired) electrons. The van der Waals surface area contributed by atoms with E-state index in [-0.39, 0.29) is 18.2 Å². The van der Waals surface area contributed by atoms with Crippen molar-refractivity contribution < 1.29 is 14.3 Å². The topological polar surface area (TPSA) is 85.2 Å². The average Bonchev–Trinajstić information content (AvgIpc) is 3.24. The van der Waals surface area contributed by atoms with Gasteiger partial charge in [0.25, 0.3) is 5.91 Å². The van der Waals surface area contributed by atoms with Crippen molar-refractivity contribution in [3.63, 3.8) is 0 Å². The predicted molar refractivity (Wildman–Crippen MR) is 116 cm³/mol. The first-order chi connectivity index (χ1) is 14.5. The minimum Gasteiger partial charge on any atom is -0.497 e. The zero-order chi connectivity index (χ0) is 21.3. The average molecular weight is 425 g/mol. The second-order valence-electron chi connectivity index (χ2n) is 6.96. The summed E-state index contributed by atoms with van der Waals surface area (Å²) in [4.78, 5) is 25.2. The summed E-state index contributed by atoms with van der Waals surface area (Å²) >= 11 is 6.01. The van der Waals surface area contributed by atoms with Gasteiger partial charge in [0.05, 0.1) is 19.2 Å². The Morgan fingerprint density at radius 3 is 2.73 bits per heavy atom. The Kier molecular flexibility index (Phi) is 5.46. The molecule has 1 unspecified atom stereocenters. The molecule has 2 amide bonds. The lowest BCUT2D eigenvalue weighted by molar-refractivity contribution is -0.123. The summed E-state index contributed by atoms with van der Waals surface area (Å²) in [6, 6.07) is 13.8. The molecule has 0 bridgehead atoms. The van der Waals surface area contributed by atoms with E-state index in [1.165, 1.54) is 0 Å². The van der Waals surface area contributed by atoms with Gasteiger partial charge in [-0.15, -0.1) is 0 Å². The fourth-order valence-corrected chi connectivity index (χ4v) is 3.70. The molecule has 2 N–H and O–H groups in total. The molecule has 1 aliphatic rings. The lowest BCUT2D eigenvalue weighted by Crippen LogP contribution is -2.24. The van der Waals surface area contributed by atoms with Gasteiger partial charge in [-0.1, -0.05) is 36.7 Å². The minimum atomic E-state index is -0.711. The van der Waals surface area contributed by atoms with Crippen molar-refractivity contribution in [3.8, 4) is 16.9 Å². The molecule has 0 fully saturated rings. The van der Waals surface area contributed by atoms with E-state index in [0.29, 0.717) is 28.7 Å². The lowest BCUT2D eigenvalue weighted by atomic mass is 10.0. The quantitative estimate of drug-likeness (QED) is 0.618. The summed E-state index contributed by atoms with van der Waals surface area (Å²) < 4.78 is 6.79. The molecule has 4 rings (SSSR count). The van der Waals surface area contributed by atoms with Gasteiger partial charge in [0.1, 0.15) is 17.6 Å². The van der Waals surface area contributed by atoms with Crippen LogP contribution in [0.15, 0.2) is 48.5 Å². The molecule has 154 valence electrons. The number of rotatable bonds is 6. The van der Waals surface area contributed by atoms with Crippen molar-refractivity contribution in [2.45, 2.75) is 25.8 Å². The first-order valence-corrected chi connectivity index (χ1v) is 10.00. The number of fused-ring (bicyclic) bond motifs is 1. The molecule has 3 aromatic rings. The van der Waals surface area contributed by atoms with Gasteiger partial charge in [-0.25, -0.2) is 4.68 Å². The van der Waals surface area contributed by atoms with Crippen LogP contribution >= 0.6 is 11.6 Å². The maximum Gasteiger partial charge on any atom is 0.251 e. The van der Waals surface area contributed by atoms with Gasteiger partial charge in [-0.05, 0) is 36.2 Å². The zero-order valence-electron chi connectivity index (χ0n) is 16.6. The molecule has 0 spiro atoms. The number of ether oxygens (including phenoxy) is 1. The lowest BCUT2D eigenvalue weighted by Gasteiger charge is -2.11. The zero-order valence-corrected chi connectivity index (χ0v) is 17.4. The summed E-state index contributed by atoms with van der Waals surface area (Å²) in [5.41, 5.74) is 3.23. The standard InChI is InChI=1S/C22H21ClN4O3/c1-3-17-20(13-7-9-14(23)10-8-13)21-25-22(29)18(27(21)26-17)12-19(28)24-15-5-4-6-16(11-15)30-2/h4-11,18H,3,12H2,1-2H3,(H,24,28)(H,25,29). The summed E-state index contributed by atoms with van der Waals surface area (Å²) in [5.74, 6) is 0.716. The number of nitrogens with one attached hydrogen (secondary N) is 2. The van der Waals surface area contributed by atoms with E-state index < -0.39 is 6.04 Å². The Bertz CT molecular complexity index is 1110. The Morgan fingerprint density at radius 2 is 2.03 bits per heavy atom. The second-order valence-corrected chi connectivity index (χ2v) is 7.40. The molecular formula is C22H21ClN4O3. The van der Waals surface area contributed by atoms with Gasteiger partial charge in [-0.2, -0.15) is 5.10 Å². The number of aryl methyl sites for hydroxylation is 1. The molecule has 0 saturated carbocycles. The van der Waals surface area contributed by atoms with Crippen LogP contribution in [0.4, 0.5) is 11.5 Å². The monoisotopic (exact) mass is 424 g/mol. The molecule has 30 heavy (non-hydrogen) atoms. The number of hydrogen-bond donors (Lipinski definition) is 2. The smallest absolute Gasteiger partial charge is 0.251 e. The molecule has 0 saturated heterocycles. The van der Waals surface area contributed by atoms with Crippen molar-refractivity contribution in [2.24, 2.45) is 0 Å². The summed E-state index contributed by atoms with van der Waals surface area (Å²) in [6.07, 6.45) is 0.664. The highest BCUT2D eigenvalue weighted by atomic mass is 35.5. The highest BCUT2D eigenvalue weighted by Gasteiger charge is 2.36. The third kappa shape index (κ3) is 3.76. The molecule has 0 aliphatic carbocycles. The van der Waals surface area contributed by atoms with Crippen molar-refractivity contribution >= 4 is 34.9 Å². The maximum absolute atomic E-state index is 12.6. The van der Waals surface area contributed by atoms with E-state index in [0.717, 1.165) is 16.8 Å². The molecule has 8 heteroatoms. The highest BCUT2D eigenvalue weighted by Crippen LogP contribution is 2.39. The summed E-state index contributed by atoms with van der Waals surface area (Å²) in [6.45, 7) is 2.00. The number of anilines is 2. The molecule has 1 atom stereocenters. The van der Waals surface area contributed by atoms with E-state index in [2.05, 4.69) is 15.7 Å². The number of halogens is 1. The largest absolute Gasteiger partial charge is 0.497 e. The highest BCUT2D eigenvalue weighted by molar-refractivity contribution is 6.30. The van der Waals surface area contributed by atoms with E-state index in [9.17, 15) is 9.59 Å². The molecule has 7 nitrogen and oxygen atoms in total. The fourth-order valence-electron chi connectivity index (χ4n) is 3.57. The van der Waals surface area contributed by atoms with Gasteiger partial charge < -0.3 is 15.4 Å². The number of carbonyl (C=O) groups excluding carboxylic acids is 2. The molecule has 2 aromatic carbocycles. The number of nitrogens with zero attached hydrogens (tertiary/aromatic N) is 2. The van der Waals surface area contributed by atoms with Crippen molar-refractivity contribution in [3.05, 3.63) is 59.2 Å². The number of amides is 2. The number of methoxy groups -OCH3 is 1. The van der Waals surface area contributed by atoms with Crippen molar-refractivity contribution in [1.82, 2.24) is 9.78 Å². The number of hydrogen-bond acceptors (Lipinski definition) is 4. The summed E-state index contributed by atoms with van der Waals surface area (Å²) in [7, 11) is 1.56. The first kappa shape index (κ1) is 20.0. The first-order valence-electron chi connectivity index (χ1n) is 9.62. The number of benzene rings is 2. The van der Waals surface area contributed by atoms with Gasteiger partial charge in [0, 0.05) is 22.3 Å². The third-order valence-electron chi connectivity index (χ3n) is 5.02.